The lowest BCUT2D eigenvalue weighted by Gasteiger charge is -2.36. The molecule has 10 N–H and O–H groups in total. The van der Waals surface area contributed by atoms with Crippen LogP contribution < -0.4 is 38.1 Å². The maximum absolute atomic E-state index is 14.5. The monoisotopic (exact) mass is 997 g/mol. The van der Waals surface area contributed by atoms with Crippen LogP contribution in [0.3, 0.4) is 0 Å². The van der Waals surface area contributed by atoms with Crippen molar-refractivity contribution in [3.05, 3.63) is 35.9 Å². The van der Waals surface area contributed by atoms with Gasteiger partial charge < -0.3 is 52.9 Å². The Morgan fingerprint density at radius 2 is 1.35 bits per heavy atom. The van der Waals surface area contributed by atoms with Crippen molar-refractivity contribution in [1.29, 1.82) is 0 Å². The molecule has 16 heteroatoms. The molecule has 1 aliphatic rings. The summed E-state index contributed by atoms with van der Waals surface area (Å²) in [6.07, 6.45) is 21.2. The van der Waals surface area contributed by atoms with Crippen LogP contribution in [0.5, 0.6) is 0 Å². The number of nitrogens with one attached hydrogen (secondary N) is 5. The standard InChI is InChI=1S/C55H96N8O8/c1-6-8-9-10-11-12-13-14-15-16-17-18-22-32-48(65)59-45(37-41(3)4)50(66)61-49(42(5)7-2)52(68)62-55(40-64,33-24-26-35-57)39-58-44(30-23-25-34-56)53(69)63-36-27-31-47(63)51(67)60-46(54(70)71)38-43-28-20-19-21-29-43/h19-21,28-29,40-42,44-47,49,58H,6-18,22-27,30-39,56-57H2,1-5H3,(H,59,65)(H,60,67)(H,61,66)(H,62,68)(H,70,71). The average Bonchev–Trinajstić information content (AvgIpc) is 3.85. The second kappa shape index (κ2) is 36.5. The highest BCUT2D eigenvalue weighted by molar-refractivity contribution is 5.94. The molecule has 16 nitrogen and oxygen atoms in total. The topological polar surface area (TPSA) is 255 Å². The first-order valence-corrected chi connectivity index (χ1v) is 27.5. The second-order valence-electron chi connectivity index (χ2n) is 20.6. The maximum atomic E-state index is 14.5. The lowest BCUT2D eigenvalue weighted by molar-refractivity contribution is -0.144. The van der Waals surface area contributed by atoms with Gasteiger partial charge in [0, 0.05) is 25.9 Å². The highest BCUT2D eigenvalue weighted by atomic mass is 16.4. The summed E-state index contributed by atoms with van der Waals surface area (Å²) >= 11 is 0. The van der Waals surface area contributed by atoms with E-state index < -0.39 is 59.4 Å². The molecule has 0 aromatic heterocycles. The van der Waals surface area contributed by atoms with Gasteiger partial charge in [0.2, 0.25) is 29.5 Å². The molecule has 1 heterocycles. The van der Waals surface area contributed by atoms with Crippen LogP contribution in [0.15, 0.2) is 30.3 Å². The number of hydrogen-bond donors (Lipinski definition) is 8. The van der Waals surface area contributed by atoms with E-state index in [1.807, 2.05) is 33.8 Å². The molecule has 0 radical (unpaired) electrons. The van der Waals surface area contributed by atoms with Gasteiger partial charge in [-0.15, -0.1) is 0 Å². The van der Waals surface area contributed by atoms with Crippen molar-refractivity contribution in [3.8, 4) is 0 Å². The normalized spacial score (nSPS) is 16.6. The number of likely N-dealkylation sites (tertiary alicyclic amines) is 1. The molecule has 71 heavy (non-hydrogen) atoms. The third kappa shape index (κ3) is 24.7. The summed E-state index contributed by atoms with van der Waals surface area (Å²) in [7, 11) is 0. The third-order valence-corrected chi connectivity index (χ3v) is 14.0. The van der Waals surface area contributed by atoms with E-state index in [1.165, 1.54) is 62.7 Å². The van der Waals surface area contributed by atoms with Gasteiger partial charge in [-0.1, -0.05) is 155 Å². The molecule has 404 valence electrons. The Bertz CT molecular complexity index is 1700. The molecule has 7 unspecified atom stereocenters. The highest BCUT2D eigenvalue weighted by Gasteiger charge is 2.41. The summed E-state index contributed by atoms with van der Waals surface area (Å²) in [5.41, 5.74) is 10.9. The molecule has 1 aromatic carbocycles. The first-order chi connectivity index (χ1) is 34.1. The van der Waals surface area contributed by atoms with Gasteiger partial charge in [0.05, 0.1) is 6.04 Å². The van der Waals surface area contributed by atoms with E-state index in [0.717, 1.165) is 31.2 Å². The molecule has 1 saturated heterocycles. The number of carboxylic acids is 1. The fraction of sp³-hybridized carbons (Fsp3) is 0.764. The minimum atomic E-state index is -1.51. The largest absolute Gasteiger partial charge is 0.480 e. The molecule has 5 amide bonds. The number of aldehydes is 1. The summed E-state index contributed by atoms with van der Waals surface area (Å²) in [6, 6.07) is 4.11. The van der Waals surface area contributed by atoms with Crippen molar-refractivity contribution < 1.29 is 38.7 Å². The number of carbonyl (C=O) groups is 7. The Labute approximate surface area is 426 Å². The van der Waals surface area contributed by atoms with Crippen LogP contribution in [0.25, 0.3) is 0 Å². The Balaban J connectivity index is 2.18. The summed E-state index contributed by atoms with van der Waals surface area (Å²) in [4.78, 5) is 97.0. The van der Waals surface area contributed by atoms with Crippen LogP contribution in [0.1, 0.15) is 194 Å². The van der Waals surface area contributed by atoms with Crippen LogP contribution >= 0.6 is 0 Å². The van der Waals surface area contributed by atoms with Crippen molar-refractivity contribution in [2.45, 2.75) is 231 Å². The van der Waals surface area contributed by atoms with Crippen molar-refractivity contribution in [3.63, 3.8) is 0 Å². The SMILES string of the molecule is CCCCCCCCCCCCCCCC(=O)NC(CC(C)C)C(=O)NC(C(=O)NC(C=O)(CCCCN)CNC(CCCCN)C(=O)N1CCCC1C(=O)NC(Cc1ccccc1)C(=O)O)C(C)CC. The van der Waals surface area contributed by atoms with E-state index in [-0.39, 0.29) is 49.6 Å². The van der Waals surface area contributed by atoms with Crippen molar-refractivity contribution in [2.75, 3.05) is 26.2 Å². The van der Waals surface area contributed by atoms with Crippen molar-refractivity contribution in [1.82, 2.24) is 31.5 Å². The Hall–Kier alpha value is -4.41. The Morgan fingerprint density at radius 3 is 1.92 bits per heavy atom. The smallest absolute Gasteiger partial charge is 0.326 e. The van der Waals surface area contributed by atoms with Gasteiger partial charge >= 0.3 is 5.97 Å². The van der Waals surface area contributed by atoms with E-state index >= 15 is 0 Å². The van der Waals surface area contributed by atoms with Crippen LogP contribution in [-0.2, 0) is 40.0 Å². The number of rotatable bonds is 41. The molecule has 7 atom stereocenters. The Morgan fingerprint density at radius 1 is 0.746 bits per heavy atom. The summed E-state index contributed by atoms with van der Waals surface area (Å²) < 4.78 is 0. The zero-order valence-corrected chi connectivity index (χ0v) is 44.4. The minimum Gasteiger partial charge on any atom is -0.480 e. The van der Waals surface area contributed by atoms with Crippen LogP contribution in [0.2, 0.25) is 0 Å². The first kappa shape index (κ1) is 62.7. The predicted molar refractivity (Wildman–Crippen MR) is 282 cm³/mol. The molecule has 2 rings (SSSR count). The molecule has 0 bridgehead atoms. The van der Waals surface area contributed by atoms with Crippen molar-refractivity contribution >= 4 is 41.8 Å². The number of hydrogen-bond acceptors (Lipinski definition) is 10. The number of carbonyl (C=O) groups excluding carboxylic acids is 6. The van der Waals surface area contributed by atoms with E-state index in [2.05, 4.69) is 33.5 Å². The summed E-state index contributed by atoms with van der Waals surface area (Å²) in [5, 5.41) is 24.8. The lowest BCUT2D eigenvalue weighted by Crippen LogP contribution is -2.64. The van der Waals surface area contributed by atoms with Crippen LogP contribution in [-0.4, -0.2) is 114 Å². The lowest BCUT2D eigenvalue weighted by atomic mass is 9.90. The van der Waals surface area contributed by atoms with Gasteiger partial charge in [-0.05, 0) is 88.3 Å². The fourth-order valence-electron chi connectivity index (χ4n) is 9.39. The van der Waals surface area contributed by atoms with Crippen LogP contribution in [0.4, 0.5) is 0 Å². The third-order valence-electron chi connectivity index (χ3n) is 14.0. The molecule has 0 aliphatic carbocycles. The van der Waals surface area contributed by atoms with Crippen LogP contribution in [0, 0.1) is 11.8 Å². The zero-order valence-electron chi connectivity index (χ0n) is 44.4. The van der Waals surface area contributed by atoms with Gasteiger partial charge in [0.25, 0.3) is 0 Å². The molecular formula is C55H96N8O8. The van der Waals surface area contributed by atoms with Gasteiger partial charge in [-0.2, -0.15) is 0 Å². The van der Waals surface area contributed by atoms with Gasteiger partial charge in [0.1, 0.15) is 36.0 Å². The number of aliphatic carboxylic acids is 1. The van der Waals surface area contributed by atoms with E-state index in [1.54, 1.807) is 24.3 Å². The molecule has 0 saturated carbocycles. The predicted octanol–water partition coefficient (Wildman–Crippen LogP) is 6.60. The quantitative estimate of drug-likeness (QED) is 0.0256. The second-order valence-corrected chi connectivity index (χ2v) is 20.6. The average molecular weight is 997 g/mol. The number of amides is 5. The maximum Gasteiger partial charge on any atom is 0.326 e. The zero-order chi connectivity index (χ0) is 52.4. The molecule has 1 aliphatic heterocycles. The molecule has 1 aromatic rings. The number of unbranched alkanes of at least 4 members (excludes halogenated alkanes) is 14. The van der Waals surface area contributed by atoms with Gasteiger partial charge in [0.15, 0.2) is 0 Å². The highest BCUT2D eigenvalue weighted by Crippen LogP contribution is 2.22. The number of nitrogens with zero attached hydrogens (tertiary/aromatic N) is 1. The van der Waals surface area contributed by atoms with Gasteiger partial charge in [-0.25, -0.2) is 4.79 Å². The first-order valence-electron chi connectivity index (χ1n) is 27.5. The molecule has 1 fully saturated rings. The fourth-order valence-corrected chi connectivity index (χ4v) is 9.39. The number of carboxylic acid groups (broad SMARTS) is 1. The van der Waals surface area contributed by atoms with E-state index in [4.69, 9.17) is 11.5 Å². The number of benzene rings is 1. The minimum absolute atomic E-state index is 0.0710. The van der Waals surface area contributed by atoms with Gasteiger partial charge in [-0.3, -0.25) is 24.0 Å². The van der Waals surface area contributed by atoms with E-state index in [0.29, 0.717) is 83.6 Å². The molecule has 0 spiro atoms. The summed E-state index contributed by atoms with van der Waals surface area (Å²) in [5.74, 6) is -3.64. The van der Waals surface area contributed by atoms with Crippen molar-refractivity contribution in [2.24, 2.45) is 23.3 Å². The summed E-state index contributed by atoms with van der Waals surface area (Å²) in [6.45, 7) is 10.8. The molecular weight excluding hydrogens is 901 g/mol. The Kier molecular flexibility index (Phi) is 32.2. The van der Waals surface area contributed by atoms with E-state index in [9.17, 15) is 38.7 Å². The number of nitrogens with two attached hydrogens (primary N) is 2.